The summed E-state index contributed by atoms with van der Waals surface area (Å²) >= 11 is -2.77. The minimum Gasteiger partial charge on any atom is -0.748 e. The molecular formula is C6H8NO4S-. The van der Waals surface area contributed by atoms with Crippen molar-refractivity contribution in [1.82, 2.24) is 4.57 Å². The fraction of sp³-hybridized carbons (Fsp3) is 0. The smallest absolute Gasteiger partial charge is 0.120 e. The molecule has 0 fully saturated rings. The summed E-state index contributed by atoms with van der Waals surface area (Å²) in [5.74, 6) is 0. The molecule has 12 heavy (non-hydrogen) atoms. The Morgan fingerprint density at radius 3 is 2.17 bits per heavy atom. The van der Waals surface area contributed by atoms with Gasteiger partial charge in [-0.3, -0.25) is 0 Å². The van der Waals surface area contributed by atoms with Gasteiger partial charge in [0, 0.05) is 18.6 Å². The van der Waals surface area contributed by atoms with Crippen molar-refractivity contribution in [2.24, 2.45) is 0 Å². The lowest BCUT2D eigenvalue weighted by atomic mass is 10.7. The highest BCUT2D eigenvalue weighted by molar-refractivity contribution is 7.73. The van der Waals surface area contributed by atoms with E-state index in [2.05, 4.69) is 10.9 Å². The van der Waals surface area contributed by atoms with Crippen molar-refractivity contribution >= 4 is 17.6 Å². The molecule has 1 N–H and O–H groups in total. The lowest BCUT2D eigenvalue weighted by Gasteiger charge is -1.91. The highest BCUT2D eigenvalue weighted by Gasteiger charge is 1.71. The molecule has 68 valence electrons. The van der Waals surface area contributed by atoms with Crippen molar-refractivity contribution in [2.75, 3.05) is 0 Å². The van der Waals surface area contributed by atoms with E-state index in [1.165, 1.54) is 0 Å². The first kappa shape index (κ1) is 11.0. The molecule has 0 spiro atoms. The molecule has 5 nitrogen and oxygen atoms in total. The molecule has 0 amide bonds. The van der Waals surface area contributed by atoms with Crippen molar-refractivity contribution in [3.05, 3.63) is 31.1 Å². The van der Waals surface area contributed by atoms with Crippen LogP contribution in [0.5, 0.6) is 0 Å². The van der Waals surface area contributed by atoms with Crippen LogP contribution in [0.1, 0.15) is 0 Å². The van der Waals surface area contributed by atoms with E-state index >= 15 is 0 Å². The normalized spacial score (nSPS) is 11.2. The van der Waals surface area contributed by atoms with E-state index in [0.29, 0.717) is 0 Å². The average molecular weight is 190 g/mol. The number of nitrogens with zero attached hydrogens (tertiary/aromatic N) is 1. The third-order valence-electron chi connectivity index (χ3n) is 0.899. The van der Waals surface area contributed by atoms with Gasteiger partial charge in [-0.05, 0) is 12.1 Å². The topological polar surface area (TPSA) is 74.5 Å². The number of aromatic nitrogens is 1. The maximum absolute atomic E-state index is 8.90. The SMILES string of the molecule is C=Cn1cccc1.O=S([O-])OO. The molecule has 0 bridgehead atoms. The zero-order chi connectivity index (χ0) is 9.40. The third kappa shape index (κ3) is 5.81. The average Bonchev–Trinajstić information content (AvgIpc) is 2.57. The highest BCUT2D eigenvalue weighted by atomic mass is 32.2. The molecule has 0 saturated heterocycles. The summed E-state index contributed by atoms with van der Waals surface area (Å²) in [7, 11) is 0. The molecule has 0 radical (unpaired) electrons. The molecule has 0 aliphatic carbocycles. The third-order valence-corrected chi connectivity index (χ3v) is 1.02. The van der Waals surface area contributed by atoms with Crippen LogP contribution >= 0.6 is 0 Å². The zero-order valence-corrected chi connectivity index (χ0v) is 6.94. The Morgan fingerprint density at radius 2 is 2.00 bits per heavy atom. The molecule has 0 saturated carbocycles. The molecule has 1 aromatic heterocycles. The fourth-order valence-electron chi connectivity index (χ4n) is 0.470. The van der Waals surface area contributed by atoms with Gasteiger partial charge in [-0.15, -0.1) is 4.33 Å². The van der Waals surface area contributed by atoms with Gasteiger partial charge in [0.2, 0.25) is 0 Å². The van der Waals surface area contributed by atoms with Gasteiger partial charge in [-0.2, -0.15) is 0 Å². The van der Waals surface area contributed by atoms with Gasteiger partial charge < -0.3 is 9.12 Å². The standard InChI is InChI=1S/C6H7N.H2O4S/c1-2-7-5-3-4-6-7;1-4-5(2)3/h2-6H,1H2;1H,(H,2,3)/p-1. The zero-order valence-electron chi connectivity index (χ0n) is 6.12. The van der Waals surface area contributed by atoms with Crippen molar-refractivity contribution < 1.29 is 18.4 Å². The van der Waals surface area contributed by atoms with Gasteiger partial charge in [0.15, 0.2) is 0 Å². The number of hydrogen-bond donors (Lipinski definition) is 1. The summed E-state index contributed by atoms with van der Waals surface area (Å²) in [6, 6.07) is 3.92. The summed E-state index contributed by atoms with van der Waals surface area (Å²) in [5, 5.41) is 7.03. The van der Waals surface area contributed by atoms with Crippen LogP contribution in [0, 0.1) is 0 Å². The summed E-state index contributed by atoms with van der Waals surface area (Å²) in [6.45, 7) is 3.57. The van der Waals surface area contributed by atoms with Crippen LogP contribution < -0.4 is 0 Å². The van der Waals surface area contributed by atoms with Crippen LogP contribution in [0.3, 0.4) is 0 Å². The van der Waals surface area contributed by atoms with Gasteiger partial charge in [0.1, 0.15) is 11.4 Å². The monoisotopic (exact) mass is 190 g/mol. The Morgan fingerprint density at radius 1 is 1.58 bits per heavy atom. The molecule has 0 aromatic carbocycles. The Bertz CT molecular complexity index is 234. The Balaban J connectivity index is 0.000000217. The predicted octanol–water partition coefficient (Wildman–Crippen LogP) is 0.859. The Hall–Kier alpha value is -0.950. The first-order valence-electron chi connectivity index (χ1n) is 2.87. The van der Waals surface area contributed by atoms with E-state index < -0.39 is 11.4 Å². The van der Waals surface area contributed by atoms with Crippen LogP contribution in [0.4, 0.5) is 0 Å². The van der Waals surface area contributed by atoms with Gasteiger partial charge in [0.05, 0.1) is 0 Å². The number of rotatable bonds is 2. The van der Waals surface area contributed by atoms with Crippen molar-refractivity contribution in [2.45, 2.75) is 0 Å². The molecule has 6 heteroatoms. The van der Waals surface area contributed by atoms with E-state index in [0.717, 1.165) is 0 Å². The summed E-state index contributed by atoms with van der Waals surface area (Å²) in [5.41, 5.74) is 0. The molecule has 1 aromatic rings. The lowest BCUT2D eigenvalue weighted by molar-refractivity contribution is -0.132. The van der Waals surface area contributed by atoms with Gasteiger partial charge in [-0.1, -0.05) is 6.58 Å². The molecular weight excluding hydrogens is 182 g/mol. The maximum Gasteiger partial charge on any atom is 0.120 e. The quantitative estimate of drug-likeness (QED) is 0.426. The first-order valence-corrected chi connectivity index (χ1v) is 3.87. The number of hydrogen-bond acceptors (Lipinski definition) is 4. The summed E-state index contributed by atoms with van der Waals surface area (Å²) in [6.07, 6.45) is 5.62. The first-order chi connectivity index (χ1) is 5.70. The summed E-state index contributed by atoms with van der Waals surface area (Å²) < 4.78 is 22.3. The molecule has 0 aliphatic rings. The van der Waals surface area contributed by atoms with E-state index in [1.54, 1.807) is 6.20 Å². The van der Waals surface area contributed by atoms with Gasteiger partial charge in [-0.25, -0.2) is 9.47 Å². The second kappa shape index (κ2) is 6.74. The summed E-state index contributed by atoms with van der Waals surface area (Å²) in [4.78, 5) is 0. The minimum atomic E-state index is -2.77. The molecule has 1 atom stereocenters. The largest absolute Gasteiger partial charge is 0.748 e. The van der Waals surface area contributed by atoms with Gasteiger partial charge in [0.25, 0.3) is 0 Å². The molecule has 1 unspecified atom stereocenters. The van der Waals surface area contributed by atoms with Crippen LogP contribution in [0.15, 0.2) is 31.1 Å². The van der Waals surface area contributed by atoms with Gasteiger partial charge >= 0.3 is 0 Å². The fourth-order valence-corrected chi connectivity index (χ4v) is 0.470. The maximum atomic E-state index is 8.90. The van der Waals surface area contributed by atoms with E-state index in [9.17, 15) is 0 Å². The highest BCUT2D eigenvalue weighted by Crippen LogP contribution is 1.86. The molecule has 1 rings (SSSR count). The Labute approximate surface area is 72.3 Å². The van der Waals surface area contributed by atoms with Crippen LogP contribution in [-0.4, -0.2) is 18.6 Å². The molecule has 1 heterocycles. The van der Waals surface area contributed by atoms with Crippen LogP contribution in [0.25, 0.3) is 6.20 Å². The van der Waals surface area contributed by atoms with Crippen molar-refractivity contribution in [3.8, 4) is 0 Å². The van der Waals surface area contributed by atoms with E-state index in [-0.39, 0.29) is 0 Å². The van der Waals surface area contributed by atoms with E-state index in [4.69, 9.17) is 14.0 Å². The van der Waals surface area contributed by atoms with Crippen LogP contribution in [0.2, 0.25) is 0 Å². The molecule has 0 aliphatic heterocycles. The van der Waals surface area contributed by atoms with Crippen LogP contribution in [-0.2, 0) is 15.7 Å². The Kier molecular flexibility index (Phi) is 6.21. The predicted molar refractivity (Wildman–Crippen MR) is 43.5 cm³/mol. The minimum absolute atomic E-state index is 1.75. The van der Waals surface area contributed by atoms with E-state index in [1.807, 2.05) is 29.1 Å². The van der Waals surface area contributed by atoms with Crippen molar-refractivity contribution in [1.29, 1.82) is 0 Å². The second-order valence-corrected chi connectivity index (χ2v) is 2.15. The second-order valence-electron chi connectivity index (χ2n) is 1.59. The lowest BCUT2D eigenvalue weighted by Crippen LogP contribution is -1.86. The van der Waals surface area contributed by atoms with Crippen molar-refractivity contribution in [3.63, 3.8) is 0 Å².